The molecule has 1 aromatic heterocycles. The molecular formula is C11H13NO3S2. The van der Waals surface area contributed by atoms with Crippen LogP contribution in [0, 0.1) is 5.41 Å². The standard InChI is InChI=1S/C11H13NO3S2/c1-16-7-2-5-17-8(7)9(13)12-6-11(3-4-11)10(14)15/h2,5H,3-4,6H2,1H3,(H,12,13)(H,14,15). The molecule has 6 heteroatoms. The van der Waals surface area contributed by atoms with Crippen molar-refractivity contribution < 1.29 is 14.7 Å². The number of hydrogen-bond donors (Lipinski definition) is 2. The zero-order valence-electron chi connectivity index (χ0n) is 9.36. The van der Waals surface area contributed by atoms with Crippen LogP contribution in [-0.4, -0.2) is 29.8 Å². The van der Waals surface area contributed by atoms with Crippen LogP contribution >= 0.6 is 23.1 Å². The van der Waals surface area contributed by atoms with Crippen molar-refractivity contribution >= 4 is 35.0 Å². The average molecular weight is 271 g/mol. The Morgan fingerprint density at radius 1 is 1.59 bits per heavy atom. The molecule has 1 heterocycles. The molecule has 1 aliphatic carbocycles. The number of amides is 1. The molecule has 2 N–H and O–H groups in total. The van der Waals surface area contributed by atoms with E-state index in [4.69, 9.17) is 5.11 Å². The largest absolute Gasteiger partial charge is 0.481 e. The molecule has 1 amide bonds. The Labute approximate surface area is 107 Å². The monoisotopic (exact) mass is 271 g/mol. The van der Waals surface area contributed by atoms with Gasteiger partial charge in [0.05, 0.1) is 5.41 Å². The van der Waals surface area contributed by atoms with Crippen LogP contribution in [0.3, 0.4) is 0 Å². The number of nitrogens with one attached hydrogen (secondary N) is 1. The Balaban J connectivity index is 1.96. The first-order valence-corrected chi connectivity index (χ1v) is 7.32. The number of thiophene rings is 1. The third-order valence-electron chi connectivity index (χ3n) is 2.95. The molecule has 0 spiro atoms. The lowest BCUT2D eigenvalue weighted by Crippen LogP contribution is -2.34. The summed E-state index contributed by atoms with van der Waals surface area (Å²) in [5, 5.41) is 13.6. The predicted octanol–water partition coefficient (Wildman–Crippen LogP) is 2.06. The van der Waals surface area contributed by atoms with Crippen LogP contribution in [0.1, 0.15) is 22.5 Å². The number of carboxylic acid groups (broad SMARTS) is 1. The van der Waals surface area contributed by atoms with Gasteiger partial charge in [-0.25, -0.2) is 0 Å². The average Bonchev–Trinajstić information content (AvgIpc) is 2.96. The molecule has 2 rings (SSSR count). The Bertz CT molecular complexity index is 451. The molecule has 0 radical (unpaired) electrons. The highest BCUT2D eigenvalue weighted by Crippen LogP contribution is 2.45. The van der Waals surface area contributed by atoms with Gasteiger partial charge < -0.3 is 10.4 Å². The topological polar surface area (TPSA) is 66.4 Å². The van der Waals surface area contributed by atoms with E-state index in [1.165, 1.54) is 23.1 Å². The van der Waals surface area contributed by atoms with Crippen molar-refractivity contribution in [1.29, 1.82) is 0 Å². The summed E-state index contributed by atoms with van der Waals surface area (Å²) in [6, 6.07) is 1.90. The van der Waals surface area contributed by atoms with Crippen LogP contribution < -0.4 is 5.32 Å². The molecule has 4 nitrogen and oxygen atoms in total. The van der Waals surface area contributed by atoms with E-state index in [0.717, 1.165) is 4.90 Å². The van der Waals surface area contributed by atoms with Crippen molar-refractivity contribution in [3.05, 3.63) is 16.3 Å². The van der Waals surface area contributed by atoms with Crippen LogP contribution in [0.4, 0.5) is 0 Å². The summed E-state index contributed by atoms with van der Waals surface area (Å²) in [7, 11) is 0. The van der Waals surface area contributed by atoms with Gasteiger partial charge in [-0.15, -0.1) is 23.1 Å². The molecule has 1 fully saturated rings. The van der Waals surface area contributed by atoms with Gasteiger partial charge in [-0.2, -0.15) is 0 Å². The maximum atomic E-state index is 11.9. The van der Waals surface area contributed by atoms with E-state index < -0.39 is 11.4 Å². The third kappa shape index (κ3) is 2.47. The first kappa shape index (κ1) is 12.4. The normalized spacial score (nSPS) is 16.5. The first-order chi connectivity index (χ1) is 8.09. The first-order valence-electron chi connectivity index (χ1n) is 5.22. The molecular weight excluding hydrogens is 258 g/mol. The van der Waals surface area contributed by atoms with Crippen molar-refractivity contribution in [3.8, 4) is 0 Å². The van der Waals surface area contributed by atoms with Gasteiger partial charge in [0.2, 0.25) is 0 Å². The molecule has 92 valence electrons. The van der Waals surface area contributed by atoms with Crippen molar-refractivity contribution in [3.63, 3.8) is 0 Å². The number of hydrogen-bond acceptors (Lipinski definition) is 4. The predicted molar refractivity (Wildman–Crippen MR) is 67.7 cm³/mol. The lowest BCUT2D eigenvalue weighted by molar-refractivity contribution is -0.143. The van der Waals surface area contributed by atoms with E-state index in [9.17, 15) is 9.59 Å². The van der Waals surface area contributed by atoms with E-state index in [-0.39, 0.29) is 12.5 Å². The van der Waals surface area contributed by atoms with E-state index >= 15 is 0 Å². The molecule has 0 unspecified atom stereocenters. The van der Waals surface area contributed by atoms with Gasteiger partial charge in [-0.05, 0) is 30.5 Å². The van der Waals surface area contributed by atoms with Crippen molar-refractivity contribution in [2.24, 2.45) is 5.41 Å². The highest BCUT2D eigenvalue weighted by Gasteiger charge is 2.50. The van der Waals surface area contributed by atoms with Gasteiger partial charge >= 0.3 is 5.97 Å². The van der Waals surface area contributed by atoms with Gasteiger partial charge in [0.25, 0.3) is 5.91 Å². The lowest BCUT2D eigenvalue weighted by atomic mass is 10.1. The summed E-state index contributed by atoms with van der Waals surface area (Å²) < 4.78 is 0. The minimum absolute atomic E-state index is 0.170. The summed E-state index contributed by atoms with van der Waals surface area (Å²) in [5.41, 5.74) is -0.702. The Morgan fingerprint density at radius 2 is 2.29 bits per heavy atom. The minimum atomic E-state index is -0.811. The van der Waals surface area contributed by atoms with E-state index in [1.54, 1.807) is 0 Å². The molecule has 0 bridgehead atoms. The molecule has 0 atom stereocenters. The Kier molecular flexibility index (Phi) is 3.44. The number of carbonyl (C=O) groups excluding carboxylic acids is 1. The second-order valence-electron chi connectivity index (χ2n) is 4.09. The molecule has 0 aliphatic heterocycles. The SMILES string of the molecule is CSc1ccsc1C(=O)NCC1(C(=O)O)CC1. The van der Waals surface area contributed by atoms with Crippen molar-refractivity contribution in [2.45, 2.75) is 17.7 Å². The maximum Gasteiger partial charge on any atom is 0.311 e. The molecule has 1 saturated carbocycles. The summed E-state index contributed by atoms with van der Waals surface area (Å²) in [6.45, 7) is 0.229. The summed E-state index contributed by atoms with van der Waals surface area (Å²) in [4.78, 5) is 24.4. The zero-order valence-corrected chi connectivity index (χ0v) is 11.0. The number of aliphatic carboxylic acids is 1. The fourth-order valence-electron chi connectivity index (χ4n) is 1.57. The van der Waals surface area contributed by atoms with Gasteiger partial charge in [-0.3, -0.25) is 9.59 Å². The van der Waals surface area contributed by atoms with Gasteiger partial charge in [0.15, 0.2) is 0 Å². The highest BCUT2D eigenvalue weighted by molar-refractivity contribution is 7.98. The number of thioether (sulfide) groups is 1. The number of rotatable bonds is 5. The minimum Gasteiger partial charge on any atom is -0.481 e. The van der Waals surface area contributed by atoms with Crippen LogP contribution in [-0.2, 0) is 4.79 Å². The van der Waals surface area contributed by atoms with E-state index in [0.29, 0.717) is 17.7 Å². The van der Waals surface area contributed by atoms with Crippen LogP contribution in [0.5, 0.6) is 0 Å². The molecule has 1 aromatic rings. The Morgan fingerprint density at radius 3 is 2.82 bits per heavy atom. The molecule has 1 aliphatic rings. The maximum absolute atomic E-state index is 11.9. The fraction of sp³-hybridized carbons (Fsp3) is 0.455. The van der Waals surface area contributed by atoms with E-state index in [1.807, 2.05) is 17.7 Å². The fourth-order valence-corrected chi connectivity index (χ4v) is 3.24. The molecule has 0 aromatic carbocycles. The molecule has 0 saturated heterocycles. The van der Waals surface area contributed by atoms with Crippen LogP contribution in [0.25, 0.3) is 0 Å². The smallest absolute Gasteiger partial charge is 0.311 e. The number of carboxylic acids is 1. The van der Waals surface area contributed by atoms with E-state index in [2.05, 4.69) is 5.32 Å². The lowest BCUT2D eigenvalue weighted by Gasteiger charge is -2.10. The third-order valence-corrected chi connectivity index (χ3v) is 4.77. The zero-order chi connectivity index (χ0) is 12.5. The molecule has 17 heavy (non-hydrogen) atoms. The van der Waals surface area contributed by atoms with Crippen LogP contribution in [0.15, 0.2) is 16.3 Å². The Hall–Kier alpha value is -1.01. The van der Waals surface area contributed by atoms with Crippen molar-refractivity contribution in [2.75, 3.05) is 12.8 Å². The quantitative estimate of drug-likeness (QED) is 0.805. The van der Waals surface area contributed by atoms with Gasteiger partial charge in [0, 0.05) is 11.4 Å². The second-order valence-corrected chi connectivity index (χ2v) is 5.85. The van der Waals surface area contributed by atoms with Crippen LogP contribution in [0.2, 0.25) is 0 Å². The highest BCUT2D eigenvalue weighted by atomic mass is 32.2. The van der Waals surface area contributed by atoms with Gasteiger partial charge in [-0.1, -0.05) is 0 Å². The van der Waals surface area contributed by atoms with Crippen molar-refractivity contribution in [1.82, 2.24) is 5.32 Å². The summed E-state index contributed by atoms with van der Waals surface area (Å²) in [5.74, 6) is -0.981. The number of carbonyl (C=O) groups is 2. The summed E-state index contributed by atoms with van der Waals surface area (Å²) >= 11 is 2.90. The summed E-state index contributed by atoms with van der Waals surface area (Å²) in [6.07, 6.45) is 3.23. The second kappa shape index (κ2) is 4.70. The van der Waals surface area contributed by atoms with Gasteiger partial charge in [0.1, 0.15) is 4.88 Å².